The molecule has 0 radical (unpaired) electrons. The summed E-state index contributed by atoms with van der Waals surface area (Å²) in [6.07, 6.45) is 7.63. The molecule has 32 heavy (non-hydrogen) atoms. The zero-order valence-electron chi connectivity index (χ0n) is 19.1. The van der Waals surface area contributed by atoms with Crippen LogP contribution in [0.5, 0.6) is 5.75 Å². The van der Waals surface area contributed by atoms with Gasteiger partial charge >= 0.3 is 5.97 Å². The van der Waals surface area contributed by atoms with Crippen molar-refractivity contribution in [3.63, 3.8) is 0 Å². The number of sulfonamides is 1. The smallest absolute Gasteiger partial charge is 0.349 e. The van der Waals surface area contributed by atoms with Crippen molar-refractivity contribution in [2.24, 2.45) is 0 Å². The molecule has 0 spiro atoms. The largest absolute Gasteiger partial charge is 0.491 e. The van der Waals surface area contributed by atoms with Gasteiger partial charge in [0.25, 0.3) is 10.0 Å². The molecule has 2 aromatic rings. The minimum absolute atomic E-state index is 0.0378. The SMILES string of the molecule is CCCCCCNc1ccc(NS(=O)(=O)c2ccsc2C(=O)OC)c(OCCCCC)c1. The number of hydrogen-bond acceptors (Lipinski definition) is 7. The van der Waals surface area contributed by atoms with Crippen molar-refractivity contribution in [1.82, 2.24) is 0 Å². The molecule has 2 rings (SSSR count). The van der Waals surface area contributed by atoms with Crippen LogP contribution in [0.3, 0.4) is 0 Å². The number of rotatable bonds is 15. The summed E-state index contributed by atoms with van der Waals surface area (Å²) in [5, 5.41) is 4.93. The predicted octanol–water partition coefficient (Wildman–Crippen LogP) is 5.90. The molecular weight excluding hydrogens is 448 g/mol. The van der Waals surface area contributed by atoms with Crippen LogP contribution in [-0.4, -0.2) is 34.6 Å². The zero-order valence-corrected chi connectivity index (χ0v) is 20.7. The molecule has 178 valence electrons. The van der Waals surface area contributed by atoms with Crippen LogP contribution in [0, 0.1) is 0 Å². The summed E-state index contributed by atoms with van der Waals surface area (Å²) in [5.74, 6) is -0.225. The van der Waals surface area contributed by atoms with Gasteiger partial charge in [-0.05, 0) is 36.4 Å². The van der Waals surface area contributed by atoms with Gasteiger partial charge in [0.15, 0.2) is 0 Å². The molecule has 0 amide bonds. The molecule has 0 aliphatic rings. The second kappa shape index (κ2) is 13.3. The molecule has 0 fully saturated rings. The van der Waals surface area contributed by atoms with Gasteiger partial charge < -0.3 is 14.8 Å². The van der Waals surface area contributed by atoms with E-state index in [0.29, 0.717) is 18.0 Å². The highest BCUT2D eigenvalue weighted by Crippen LogP contribution is 2.32. The number of esters is 1. The molecular formula is C23H34N2O5S2. The van der Waals surface area contributed by atoms with E-state index in [1.807, 2.05) is 12.1 Å². The molecule has 0 bridgehead atoms. The quantitative estimate of drug-likeness (QED) is 0.243. The Labute approximate surface area is 195 Å². The fourth-order valence-electron chi connectivity index (χ4n) is 3.11. The standard InChI is InChI=1S/C23H34N2O5S2/c1-4-6-8-9-14-24-18-11-12-19(20(17-18)30-15-10-7-5-2)25-32(27,28)21-13-16-31-22(21)23(26)29-3/h11-13,16-17,24-25H,4-10,14-15H2,1-3H3. The summed E-state index contributed by atoms with van der Waals surface area (Å²) in [7, 11) is -2.77. The Kier molecular flexibility index (Phi) is 10.8. The lowest BCUT2D eigenvalue weighted by atomic mass is 10.2. The summed E-state index contributed by atoms with van der Waals surface area (Å²) in [6, 6.07) is 6.72. The maximum absolute atomic E-state index is 13.0. The first-order valence-electron chi connectivity index (χ1n) is 11.1. The van der Waals surface area contributed by atoms with E-state index in [4.69, 9.17) is 9.47 Å². The van der Waals surface area contributed by atoms with Crippen molar-refractivity contribution < 1.29 is 22.7 Å². The van der Waals surface area contributed by atoms with E-state index in [9.17, 15) is 13.2 Å². The first-order chi connectivity index (χ1) is 15.4. The topological polar surface area (TPSA) is 93.7 Å². The van der Waals surface area contributed by atoms with Crippen molar-refractivity contribution in [3.8, 4) is 5.75 Å². The molecule has 7 nitrogen and oxygen atoms in total. The third kappa shape index (κ3) is 7.70. The van der Waals surface area contributed by atoms with Crippen molar-refractivity contribution >= 4 is 38.7 Å². The van der Waals surface area contributed by atoms with Gasteiger partial charge in [-0.3, -0.25) is 4.72 Å². The van der Waals surface area contributed by atoms with E-state index in [-0.39, 0.29) is 9.77 Å². The average molecular weight is 483 g/mol. The number of hydrogen-bond donors (Lipinski definition) is 2. The van der Waals surface area contributed by atoms with Gasteiger partial charge in [0.05, 0.1) is 19.4 Å². The summed E-state index contributed by atoms with van der Waals surface area (Å²) < 4.78 is 39.2. The van der Waals surface area contributed by atoms with Crippen LogP contribution >= 0.6 is 11.3 Å². The Bertz CT molecular complexity index is 957. The lowest BCUT2D eigenvalue weighted by Gasteiger charge is -2.16. The average Bonchev–Trinajstić information content (AvgIpc) is 3.28. The van der Waals surface area contributed by atoms with Gasteiger partial charge in [0, 0.05) is 18.3 Å². The van der Waals surface area contributed by atoms with E-state index in [1.165, 1.54) is 32.4 Å². The van der Waals surface area contributed by atoms with E-state index in [0.717, 1.165) is 49.3 Å². The number of nitrogens with one attached hydrogen (secondary N) is 2. The molecule has 9 heteroatoms. The van der Waals surface area contributed by atoms with Crippen LogP contribution in [0.1, 0.15) is 68.5 Å². The van der Waals surface area contributed by atoms with Crippen LogP contribution in [-0.2, 0) is 14.8 Å². The summed E-state index contributed by atoms with van der Waals surface area (Å²) in [5.41, 5.74) is 1.21. The Balaban J connectivity index is 2.20. The fraction of sp³-hybridized carbons (Fsp3) is 0.522. The molecule has 0 aliphatic heterocycles. The highest BCUT2D eigenvalue weighted by Gasteiger charge is 2.25. The molecule has 1 heterocycles. The van der Waals surface area contributed by atoms with Crippen molar-refractivity contribution in [1.29, 1.82) is 0 Å². The Morgan fingerprint density at radius 3 is 2.50 bits per heavy atom. The van der Waals surface area contributed by atoms with Crippen LogP contribution < -0.4 is 14.8 Å². The van der Waals surface area contributed by atoms with Crippen molar-refractivity contribution in [2.75, 3.05) is 30.3 Å². The predicted molar refractivity (Wildman–Crippen MR) is 131 cm³/mol. The number of ether oxygens (including phenoxy) is 2. The van der Waals surface area contributed by atoms with Gasteiger partial charge in [0.2, 0.25) is 0 Å². The summed E-state index contributed by atoms with van der Waals surface area (Å²) in [6.45, 7) is 5.63. The third-order valence-electron chi connectivity index (χ3n) is 4.88. The molecule has 0 atom stereocenters. The molecule has 0 aliphatic carbocycles. The molecule has 2 N–H and O–H groups in total. The van der Waals surface area contributed by atoms with Gasteiger partial charge in [-0.25, -0.2) is 13.2 Å². The maximum atomic E-state index is 13.0. The summed E-state index contributed by atoms with van der Waals surface area (Å²) >= 11 is 1.03. The maximum Gasteiger partial charge on any atom is 0.349 e. The first kappa shape index (κ1) is 26.0. The lowest BCUT2D eigenvalue weighted by molar-refractivity contribution is 0.0602. The zero-order chi connectivity index (χ0) is 23.4. The number of unbranched alkanes of at least 4 members (excludes halogenated alkanes) is 5. The van der Waals surface area contributed by atoms with Crippen LogP contribution in [0.4, 0.5) is 11.4 Å². The Hall–Kier alpha value is -2.26. The number of methoxy groups -OCH3 is 1. The highest BCUT2D eigenvalue weighted by atomic mass is 32.2. The van der Waals surface area contributed by atoms with Gasteiger partial charge in [-0.15, -0.1) is 11.3 Å². The fourth-order valence-corrected chi connectivity index (χ4v) is 5.51. The van der Waals surface area contributed by atoms with Crippen LogP contribution in [0.15, 0.2) is 34.5 Å². The molecule has 1 aromatic carbocycles. The second-order valence-electron chi connectivity index (χ2n) is 7.46. The highest BCUT2D eigenvalue weighted by molar-refractivity contribution is 7.93. The number of carbonyl (C=O) groups excluding carboxylic acids is 1. The normalized spacial score (nSPS) is 11.2. The van der Waals surface area contributed by atoms with Crippen LogP contribution in [0.2, 0.25) is 0 Å². The second-order valence-corrected chi connectivity index (χ2v) is 10.0. The number of benzene rings is 1. The Morgan fingerprint density at radius 2 is 1.78 bits per heavy atom. The van der Waals surface area contributed by atoms with Gasteiger partial charge in [-0.2, -0.15) is 0 Å². The van der Waals surface area contributed by atoms with E-state index < -0.39 is 16.0 Å². The first-order valence-corrected chi connectivity index (χ1v) is 13.5. The van der Waals surface area contributed by atoms with Gasteiger partial charge in [-0.1, -0.05) is 46.0 Å². The number of anilines is 2. The minimum Gasteiger partial charge on any atom is -0.491 e. The number of thiophene rings is 1. The molecule has 0 unspecified atom stereocenters. The van der Waals surface area contributed by atoms with Crippen LogP contribution in [0.25, 0.3) is 0 Å². The van der Waals surface area contributed by atoms with E-state index in [1.54, 1.807) is 11.4 Å². The van der Waals surface area contributed by atoms with Crippen molar-refractivity contribution in [2.45, 2.75) is 63.7 Å². The van der Waals surface area contributed by atoms with E-state index >= 15 is 0 Å². The minimum atomic E-state index is -3.99. The third-order valence-corrected chi connectivity index (χ3v) is 7.31. The van der Waals surface area contributed by atoms with E-state index in [2.05, 4.69) is 23.9 Å². The monoisotopic (exact) mass is 482 g/mol. The number of carbonyl (C=O) groups is 1. The molecule has 0 saturated heterocycles. The lowest BCUT2D eigenvalue weighted by Crippen LogP contribution is -2.16. The molecule has 0 saturated carbocycles. The van der Waals surface area contributed by atoms with Crippen molar-refractivity contribution in [3.05, 3.63) is 34.5 Å². The summed E-state index contributed by atoms with van der Waals surface area (Å²) in [4.78, 5) is 11.9. The molecule has 1 aromatic heterocycles. The van der Waals surface area contributed by atoms with Gasteiger partial charge in [0.1, 0.15) is 15.5 Å². The Morgan fingerprint density at radius 1 is 1.03 bits per heavy atom.